The van der Waals surface area contributed by atoms with Crippen molar-refractivity contribution in [2.24, 2.45) is 0 Å². The monoisotopic (exact) mass is 478 g/mol. The molecule has 0 atom stereocenters. The summed E-state index contributed by atoms with van der Waals surface area (Å²) in [5.41, 5.74) is 2.95. The molecule has 9 heteroatoms. The van der Waals surface area contributed by atoms with Crippen molar-refractivity contribution in [3.63, 3.8) is 0 Å². The Morgan fingerprint density at radius 3 is 2.26 bits per heavy atom. The van der Waals surface area contributed by atoms with E-state index in [0.717, 1.165) is 25.7 Å². The number of carbonyl (C=O) groups excluding carboxylic acids is 1. The molecule has 1 amide bonds. The number of aromatic nitrogens is 2. The number of amides is 1. The van der Waals surface area contributed by atoms with Gasteiger partial charge in [0.05, 0.1) is 4.90 Å². The SMILES string of the molecule is O=C(c1nnc(-c2ccc(S(=O)(=O)N3CCCCC3)cc2)o1)N1CC=C(c2ccccc2)CC1. The second-order valence-corrected chi connectivity index (χ2v) is 10.4. The second kappa shape index (κ2) is 9.52. The quantitative estimate of drug-likeness (QED) is 0.553. The number of hydrogen-bond acceptors (Lipinski definition) is 6. The van der Waals surface area contributed by atoms with Crippen LogP contribution in [0.3, 0.4) is 0 Å². The Balaban J connectivity index is 1.27. The largest absolute Gasteiger partial charge is 0.412 e. The van der Waals surface area contributed by atoms with Gasteiger partial charge in [-0.25, -0.2) is 8.42 Å². The van der Waals surface area contributed by atoms with Gasteiger partial charge in [-0.05, 0) is 54.7 Å². The molecule has 1 fully saturated rings. The van der Waals surface area contributed by atoms with E-state index in [2.05, 4.69) is 28.4 Å². The molecule has 176 valence electrons. The second-order valence-electron chi connectivity index (χ2n) is 8.50. The van der Waals surface area contributed by atoms with Gasteiger partial charge in [-0.1, -0.05) is 42.8 Å². The van der Waals surface area contributed by atoms with E-state index in [4.69, 9.17) is 4.42 Å². The van der Waals surface area contributed by atoms with Crippen molar-refractivity contribution in [2.75, 3.05) is 26.2 Å². The highest BCUT2D eigenvalue weighted by Crippen LogP contribution is 2.26. The van der Waals surface area contributed by atoms with E-state index in [1.54, 1.807) is 29.2 Å². The predicted molar refractivity (Wildman–Crippen MR) is 127 cm³/mol. The van der Waals surface area contributed by atoms with Crippen LogP contribution < -0.4 is 0 Å². The molecule has 0 spiro atoms. The fraction of sp³-hybridized carbons (Fsp3) is 0.320. The average Bonchev–Trinajstić information content (AvgIpc) is 3.40. The summed E-state index contributed by atoms with van der Waals surface area (Å²) >= 11 is 0. The molecule has 3 aromatic rings. The molecule has 0 bridgehead atoms. The third-order valence-corrected chi connectivity index (χ3v) is 8.22. The molecule has 2 aliphatic rings. The van der Waals surface area contributed by atoms with Crippen LogP contribution in [-0.4, -0.2) is 59.9 Å². The minimum absolute atomic E-state index is 0.0726. The smallest absolute Gasteiger partial charge is 0.311 e. The Morgan fingerprint density at radius 1 is 0.853 bits per heavy atom. The summed E-state index contributed by atoms with van der Waals surface area (Å²) in [5, 5.41) is 7.94. The van der Waals surface area contributed by atoms with Gasteiger partial charge >= 0.3 is 11.8 Å². The van der Waals surface area contributed by atoms with E-state index in [9.17, 15) is 13.2 Å². The fourth-order valence-corrected chi connectivity index (χ4v) is 5.87. The average molecular weight is 479 g/mol. The van der Waals surface area contributed by atoms with Crippen molar-refractivity contribution < 1.29 is 17.6 Å². The van der Waals surface area contributed by atoms with Crippen LogP contribution >= 0.6 is 0 Å². The summed E-state index contributed by atoms with van der Waals surface area (Å²) in [4.78, 5) is 14.8. The van der Waals surface area contributed by atoms with Crippen molar-refractivity contribution >= 4 is 21.5 Å². The first-order valence-corrected chi connectivity index (χ1v) is 12.9. The van der Waals surface area contributed by atoms with Gasteiger partial charge in [-0.2, -0.15) is 4.31 Å². The van der Waals surface area contributed by atoms with Crippen LogP contribution in [0.25, 0.3) is 17.0 Å². The summed E-state index contributed by atoms with van der Waals surface area (Å²) < 4.78 is 32.9. The Kier molecular flexibility index (Phi) is 6.30. The molecule has 1 aromatic heterocycles. The first kappa shape index (κ1) is 22.5. The molecule has 2 aromatic carbocycles. The van der Waals surface area contributed by atoms with E-state index in [1.165, 1.54) is 15.4 Å². The van der Waals surface area contributed by atoms with Crippen LogP contribution in [-0.2, 0) is 10.0 Å². The first-order chi connectivity index (χ1) is 16.5. The Morgan fingerprint density at radius 2 is 1.59 bits per heavy atom. The zero-order chi connectivity index (χ0) is 23.5. The molecule has 34 heavy (non-hydrogen) atoms. The number of rotatable bonds is 5. The third-order valence-electron chi connectivity index (χ3n) is 6.30. The van der Waals surface area contributed by atoms with E-state index >= 15 is 0 Å². The Labute approximate surface area is 199 Å². The molecule has 1 saturated heterocycles. The molecule has 0 aliphatic carbocycles. The van der Waals surface area contributed by atoms with Crippen molar-refractivity contribution in [2.45, 2.75) is 30.6 Å². The minimum Gasteiger partial charge on any atom is -0.412 e. The Bertz CT molecular complexity index is 1290. The lowest BCUT2D eigenvalue weighted by Crippen LogP contribution is -2.35. The van der Waals surface area contributed by atoms with Gasteiger partial charge < -0.3 is 9.32 Å². The van der Waals surface area contributed by atoms with Gasteiger partial charge in [0.2, 0.25) is 15.9 Å². The number of nitrogens with zero attached hydrogens (tertiary/aromatic N) is 4. The zero-order valence-corrected chi connectivity index (χ0v) is 19.6. The van der Waals surface area contributed by atoms with E-state index < -0.39 is 10.0 Å². The van der Waals surface area contributed by atoms with Crippen molar-refractivity contribution in [1.29, 1.82) is 0 Å². The lowest BCUT2D eigenvalue weighted by molar-refractivity contribution is 0.0733. The van der Waals surface area contributed by atoms with Gasteiger partial charge in [0, 0.05) is 31.7 Å². The standard InChI is InChI=1S/C25H26N4O4S/c30-25(28-17-13-20(14-18-28)19-7-3-1-4-8-19)24-27-26-23(33-24)21-9-11-22(12-10-21)34(31,32)29-15-5-2-6-16-29/h1,3-4,7-13H,2,5-6,14-18H2. The normalized spacial score (nSPS) is 17.4. The summed E-state index contributed by atoms with van der Waals surface area (Å²) in [6, 6.07) is 16.5. The predicted octanol–water partition coefficient (Wildman–Crippen LogP) is 3.84. The third kappa shape index (κ3) is 4.53. The van der Waals surface area contributed by atoms with Gasteiger partial charge in [0.15, 0.2) is 0 Å². The summed E-state index contributed by atoms with van der Waals surface area (Å²) in [7, 11) is -3.51. The fourth-order valence-electron chi connectivity index (χ4n) is 4.35. The first-order valence-electron chi connectivity index (χ1n) is 11.5. The number of carbonyl (C=O) groups is 1. The maximum Gasteiger partial charge on any atom is 0.311 e. The topological polar surface area (TPSA) is 96.6 Å². The van der Waals surface area contributed by atoms with Crippen molar-refractivity contribution in [3.05, 3.63) is 72.1 Å². The van der Waals surface area contributed by atoms with Crippen molar-refractivity contribution in [3.8, 4) is 11.5 Å². The van der Waals surface area contributed by atoms with Crippen LogP contribution in [0.5, 0.6) is 0 Å². The Hall–Kier alpha value is -3.30. The number of sulfonamides is 1. The molecule has 3 heterocycles. The number of piperidine rings is 1. The zero-order valence-electron chi connectivity index (χ0n) is 18.8. The van der Waals surface area contributed by atoms with Crippen LogP contribution in [0.1, 0.15) is 41.9 Å². The molecule has 0 N–H and O–H groups in total. The molecule has 0 radical (unpaired) electrons. The van der Waals surface area contributed by atoms with E-state index in [-0.39, 0.29) is 22.6 Å². The summed E-state index contributed by atoms with van der Waals surface area (Å²) in [6.45, 7) is 2.15. The highest BCUT2D eigenvalue weighted by Gasteiger charge is 2.27. The highest BCUT2D eigenvalue weighted by atomic mass is 32.2. The highest BCUT2D eigenvalue weighted by molar-refractivity contribution is 7.89. The molecule has 2 aliphatic heterocycles. The number of benzene rings is 2. The van der Waals surface area contributed by atoms with E-state index in [0.29, 0.717) is 31.7 Å². The molecule has 0 saturated carbocycles. The lowest BCUT2D eigenvalue weighted by atomic mass is 9.99. The molecular formula is C25H26N4O4S. The summed E-state index contributed by atoms with van der Waals surface area (Å²) in [6.07, 6.45) is 5.64. The van der Waals surface area contributed by atoms with Gasteiger partial charge in [0.25, 0.3) is 0 Å². The van der Waals surface area contributed by atoms with Crippen LogP contribution in [0, 0.1) is 0 Å². The molecule has 5 rings (SSSR count). The van der Waals surface area contributed by atoms with Gasteiger partial charge in [-0.15, -0.1) is 10.2 Å². The van der Waals surface area contributed by atoms with Crippen LogP contribution in [0.2, 0.25) is 0 Å². The number of hydrogen-bond donors (Lipinski definition) is 0. The maximum atomic E-state index is 12.9. The summed E-state index contributed by atoms with van der Waals surface area (Å²) in [5.74, 6) is -0.203. The van der Waals surface area contributed by atoms with Crippen LogP contribution in [0.15, 0.2) is 70.0 Å². The van der Waals surface area contributed by atoms with Crippen LogP contribution in [0.4, 0.5) is 0 Å². The maximum absolute atomic E-state index is 12.9. The van der Waals surface area contributed by atoms with Crippen molar-refractivity contribution in [1.82, 2.24) is 19.4 Å². The lowest BCUT2D eigenvalue weighted by Gasteiger charge is -2.25. The van der Waals surface area contributed by atoms with Gasteiger partial charge in [0.1, 0.15) is 0 Å². The molecule has 8 nitrogen and oxygen atoms in total. The van der Waals surface area contributed by atoms with Gasteiger partial charge in [-0.3, -0.25) is 4.79 Å². The molecule has 0 unspecified atom stereocenters. The minimum atomic E-state index is -3.51. The molecular weight excluding hydrogens is 452 g/mol. The van der Waals surface area contributed by atoms with E-state index in [1.807, 2.05) is 18.2 Å².